The van der Waals surface area contributed by atoms with Gasteiger partial charge in [0.2, 0.25) is 12.7 Å². The third-order valence-corrected chi connectivity index (χ3v) is 5.88. The van der Waals surface area contributed by atoms with E-state index in [0.29, 0.717) is 24.3 Å². The van der Waals surface area contributed by atoms with Crippen LogP contribution < -0.4 is 9.47 Å². The molecule has 26 heavy (non-hydrogen) atoms. The van der Waals surface area contributed by atoms with Gasteiger partial charge in [0, 0.05) is 31.5 Å². The Morgan fingerprint density at radius 1 is 1.08 bits per heavy atom. The number of hydrogen-bond donors (Lipinski definition) is 0. The zero-order valence-electron chi connectivity index (χ0n) is 15.5. The number of benzene rings is 1. The predicted octanol–water partition coefficient (Wildman–Crippen LogP) is 3.55. The lowest BCUT2D eigenvalue weighted by Gasteiger charge is -2.36. The summed E-state index contributed by atoms with van der Waals surface area (Å²) >= 11 is 0. The Labute approximate surface area is 155 Å². The number of aryl methyl sites for hydroxylation is 1. The molecule has 1 saturated carbocycles. The van der Waals surface area contributed by atoms with Crippen molar-refractivity contribution in [3.05, 3.63) is 23.8 Å². The Bertz CT molecular complexity index is 620. The molecular formula is C21H29NO4. The van der Waals surface area contributed by atoms with Crippen molar-refractivity contribution in [2.24, 2.45) is 5.92 Å². The fraction of sp³-hybridized carbons (Fsp3) is 0.667. The number of carbonyl (C=O) groups excluding carboxylic acids is 1. The van der Waals surface area contributed by atoms with Crippen molar-refractivity contribution in [1.82, 2.24) is 4.90 Å². The number of ether oxygens (including phenoxy) is 3. The second-order valence-electron chi connectivity index (χ2n) is 7.76. The van der Waals surface area contributed by atoms with Crippen molar-refractivity contribution in [1.29, 1.82) is 0 Å². The second-order valence-corrected chi connectivity index (χ2v) is 7.76. The Morgan fingerprint density at radius 2 is 1.92 bits per heavy atom. The van der Waals surface area contributed by atoms with Crippen LogP contribution in [-0.2, 0) is 16.0 Å². The van der Waals surface area contributed by atoms with E-state index in [-0.39, 0.29) is 6.79 Å². The minimum absolute atomic E-state index is 0.288. The van der Waals surface area contributed by atoms with Crippen LogP contribution in [0.2, 0.25) is 0 Å². The number of hydrogen-bond acceptors (Lipinski definition) is 4. The van der Waals surface area contributed by atoms with Crippen molar-refractivity contribution < 1.29 is 19.0 Å². The highest BCUT2D eigenvalue weighted by Crippen LogP contribution is 2.33. The molecule has 0 N–H and O–H groups in total. The molecule has 0 radical (unpaired) electrons. The minimum atomic E-state index is 0.288. The predicted molar refractivity (Wildman–Crippen MR) is 98.4 cm³/mol. The van der Waals surface area contributed by atoms with Gasteiger partial charge in [0.25, 0.3) is 0 Å². The monoisotopic (exact) mass is 359 g/mol. The molecule has 5 heteroatoms. The average molecular weight is 359 g/mol. The van der Waals surface area contributed by atoms with Crippen molar-refractivity contribution in [3.63, 3.8) is 0 Å². The van der Waals surface area contributed by atoms with Gasteiger partial charge < -0.3 is 19.1 Å². The van der Waals surface area contributed by atoms with Crippen molar-refractivity contribution >= 4 is 5.91 Å². The Kier molecular flexibility index (Phi) is 5.63. The molecule has 4 rings (SSSR count). The summed E-state index contributed by atoms with van der Waals surface area (Å²) in [7, 11) is 0. The zero-order valence-corrected chi connectivity index (χ0v) is 15.5. The molecular weight excluding hydrogens is 330 g/mol. The summed E-state index contributed by atoms with van der Waals surface area (Å²) in [5.74, 6) is 2.39. The molecule has 2 aliphatic heterocycles. The minimum Gasteiger partial charge on any atom is -0.454 e. The lowest BCUT2D eigenvalue weighted by atomic mass is 9.92. The molecule has 142 valence electrons. The normalized spacial score (nSPS) is 22.5. The molecule has 1 unspecified atom stereocenters. The quantitative estimate of drug-likeness (QED) is 0.779. The van der Waals surface area contributed by atoms with E-state index in [0.717, 1.165) is 62.5 Å². The van der Waals surface area contributed by atoms with Gasteiger partial charge in [-0.1, -0.05) is 25.3 Å². The van der Waals surface area contributed by atoms with Crippen molar-refractivity contribution in [2.75, 3.05) is 26.6 Å². The van der Waals surface area contributed by atoms with Crippen molar-refractivity contribution in [3.8, 4) is 11.5 Å². The van der Waals surface area contributed by atoms with Crippen LogP contribution in [-0.4, -0.2) is 43.4 Å². The summed E-state index contributed by atoms with van der Waals surface area (Å²) in [6.07, 6.45) is 8.51. The molecule has 1 amide bonds. The van der Waals surface area contributed by atoms with Gasteiger partial charge >= 0.3 is 0 Å². The molecule has 3 aliphatic rings. The molecule has 1 aliphatic carbocycles. The number of amides is 1. The Morgan fingerprint density at radius 3 is 2.73 bits per heavy atom. The number of carbonyl (C=O) groups is 1. The largest absolute Gasteiger partial charge is 0.454 e. The van der Waals surface area contributed by atoms with E-state index >= 15 is 0 Å². The van der Waals surface area contributed by atoms with Gasteiger partial charge in [-0.15, -0.1) is 0 Å². The average Bonchev–Trinajstić information content (AvgIpc) is 3.36. The first-order valence-corrected chi connectivity index (χ1v) is 10.1. The maximum absolute atomic E-state index is 13.1. The van der Waals surface area contributed by atoms with Crippen LogP contribution in [0.1, 0.15) is 50.5 Å². The summed E-state index contributed by atoms with van der Waals surface area (Å²) in [6, 6.07) is 6.41. The van der Waals surface area contributed by atoms with Crippen LogP contribution in [0.3, 0.4) is 0 Å². The fourth-order valence-electron chi connectivity index (χ4n) is 4.34. The number of rotatable bonds is 6. The standard InChI is InChI=1S/C21H29NO4/c23-21(9-7-16-6-8-19-20(12-16)26-15-25-19)22(13-17-10-11-24-14-17)18-4-2-1-3-5-18/h6,8,12,17-18H,1-5,7,9-11,13-15H2. The van der Waals surface area contributed by atoms with Gasteiger partial charge in [-0.2, -0.15) is 0 Å². The summed E-state index contributed by atoms with van der Waals surface area (Å²) < 4.78 is 16.3. The summed E-state index contributed by atoms with van der Waals surface area (Å²) in [5.41, 5.74) is 1.13. The van der Waals surface area contributed by atoms with Crippen LogP contribution in [0.15, 0.2) is 18.2 Å². The van der Waals surface area contributed by atoms with Gasteiger partial charge in [-0.3, -0.25) is 4.79 Å². The van der Waals surface area contributed by atoms with E-state index in [1.807, 2.05) is 18.2 Å². The van der Waals surface area contributed by atoms with Crippen LogP contribution >= 0.6 is 0 Å². The van der Waals surface area contributed by atoms with Gasteiger partial charge in [0.05, 0.1) is 6.61 Å². The third-order valence-electron chi connectivity index (χ3n) is 5.88. The van der Waals surface area contributed by atoms with E-state index in [1.54, 1.807) is 0 Å². The van der Waals surface area contributed by atoms with E-state index in [4.69, 9.17) is 14.2 Å². The Balaban J connectivity index is 1.38. The smallest absolute Gasteiger partial charge is 0.231 e. The first-order chi connectivity index (χ1) is 12.8. The van der Waals surface area contributed by atoms with Crippen LogP contribution in [0.5, 0.6) is 11.5 Å². The van der Waals surface area contributed by atoms with Crippen LogP contribution in [0, 0.1) is 5.92 Å². The molecule has 1 aromatic carbocycles. The van der Waals surface area contributed by atoms with E-state index in [1.165, 1.54) is 19.3 Å². The highest BCUT2D eigenvalue weighted by molar-refractivity contribution is 5.77. The van der Waals surface area contributed by atoms with E-state index < -0.39 is 0 Å². The topological polar surface area (TPSA) is 48.0 Å². The number of fused-ring (bicyclic) bond motifs is 1. The lowest BCUT2D eigenvalue weighted by Crippen LogP contribution is -2.44. The molecule has 1 aromatic rings. The van der Waals surface area contributed by atoms with Crippen molar-refractivity contribution in [2.45, 2.75) is 57.4 Å². The summed E-state index contributed by atoms with van der Waals surface area (Å²) in [5, 5.41) is 0. The summed E-state index contributed by atoms with van der Waals surface area (Å²) in [6.45, 7) is 2.80. The lowest BCUT2D eigenvalue weighted by molar-refractivity contribution is -0.135. The molecule has 1 saturated heterocycles. The zero-order chi connectivity index (χ0) is 17.8. The molecule has 2 heterocycles. The highest BCUT2D eigenvalue weighted by atomic mass is 16.7. The van der Waals surface area contributed by atoms with Gasteiger partial charge in [0.1, 0.15) is 0 Å². The SMILES string of the molecule is O=C(CCc1ccc2c(c1)OCO2)N(CC1CCOC1)C1CCCCC1. The molecule has 0 spiro atoms. The summed E-state index contributed by atoms with van der Waals surface area (Å²) in [4.78, 5) is 15.3. The molecule has 0 aromatic heterocycles. The van der Waals surface area contributed by atoms with E-state index in [9.17, 15) is 4.79 Å². The first-order valence-electron chi connectivity index (χ1n) is 10.1. The highest BCUT2D eigenvalue weighted by Gasteiger charge is 2.29. The van der Waals surface area contributed by atoms with Crippen LogP contribution in [0.4, 0.5) is 0 Å². The maximum atomic E-state index is 13.1. The number of nitrogens with zero attached hydrogens (tertiary/aromatic N) is 1. The fourth-order valence-corrected chi connectivity index (χ4v) is 4.34. The van der Waals surface area contributed by atoms with Crippen LogP contribution in [0.25, 0.3) is 0 Å². The molecule has 5 nitrogen and oxygen atoms in total. The Hall–Kier alpha value is -1.75. The first kappa shape index (κ1) is 17.7. The van der Waals surface area contributed by atoms with Gasteiger partial charge in [-0.25, -0.2) is 0 Å². The molecule has 0 bridgehead atoms. The molecule has 1 atom stereocenters. The maximum Gasteiger partial charge on any atom is 0.231 e. The third kappa shape index (κ3) is 4.14. The van der Waals surface area contributed by atoms with Gasteiger partial charge in [0.15, 0.2) is 11.5 Å². The van der Waals surface area contributed by atoms with E-state index in [2.05, 4.69) is 4.90 Å². The molecule has 2 fully saturated rings. The van der Waals surface area contributed by atoms with Gasteiger partial charge in [-0.05, 0) is 43.4 Å². The second kappa shape index (κ2) is 8.30.